The van der Waals surface area contributed by atoms with Crippen molar-refractivity contribution in [1.82, 2.24) is 0 Å². The van der Waals surface area contributed by atoms with Gasteiger partial charge in [0, 0.05) is 28.8 Å². The fraction of sp³-hybridized carbons (Fsp3) is 0.500. The van der Waals surface area contributed by atoms with Crippen LogP contribution < -0.4 is 4.90 Å². The molecular weight excluding hydrogens is 294 g/mol. The predicted molar refractivity (Wildman–Crippen MR) is 76.4 cm³/mol. The van der Waals surface area contributed by atoms with Crippen molar-refractivity contribution in [2.45, 2.75) is 26.4 Å². The Morgan fingerprint density at radius 2 is 2.33 bits per heavy atom. The Kier molecular flexibility index (Phi) is 4.40. The van der Waals surface area contributed by atoms with Crippen LogP contribution in [-0.2, 0) is 4.74 Å². The Labute approximate surface area is 116 Å². The highest BCUT2D eigenvalue weighted by Crippen LogP contribution is 2.27. The molecule has 0 radical (unpaired) electrons. The summed E-state index contributed by atoms with van der Waals surface area (Å²) in [6.07, 6.45) is 1.27. The number of hydrogen-bond donors (Lipinski definition) is 0. The van der Waals surface area contributed by atoms with Gasteiger partial charge < -0.3 is 9.64 Å². The molecule has 0 N–H and O–H groups in total. The number of benzene rings is 1. The molecule has 0 amide bonds. The first-order chi connectivity index (χ1) is 8.61. The van der Waals surface area contributed by atoms with Crippen molar-refractivity contribution in [1.29, 1.82) is 0 Å². The molecule has 1 aromatic carbocycles. The third kappa shape index (κ3) is 2.93. The Hall–Kier alpha value is -0.870. The Morgan fingerprint density at radius 1 is 1.56 bits per heavy atom. The van der Waals surface area contributed by atoms with Gasteiger partial charge in [0.25, 0.3) is 0 Å². The average Bonchev–Trinajstić information content (AvgIpc) is 2.38. The zero-order chi connectivity index (χ0) is 13.1. The first-order valence-electron chi connectivity index (χ1n) is 6.29. The van der Waals surface area contributed by atoms with Crippen LogP contribution in [0.5, 0.6) is 0 Å². The van der Waals surface area contributed by atoms with Crippen LogP contribution in [0.25, 0.3) is 0 Å². The topological polar surface area (TPSA) is 29.5 Å². The van der Waals surface area contributed by atoms with Gasteiger partial charge >= 0.3 is 0 Å². The molecule has 18 heavy (non-hydrogen) atoms. The van der Waals surface area contributed by atoms with Crippen LogP contribution in [-0.4, -0.2) is 31.6 Å². The molecule has 1 atom stereocenters. The quantitative estimate of drug-likeness (QED) is 0.802. The first kappa shape index (κ1) is 13.6. The maximum Gasteiger partial charge on any atom is 0.161 e. The summed E-state index contributed by atoms with van der Waals surface area (Å²) in [6.45, 7) is 6.17. The molecule has 1 aliphatic heterocycles. The van der Waals surface area contributed by atoms with E-state index in [1.807, 2.05) is 18.2 Å². The molecule has 0 spiro atoms. The van der Waals surface area contributed by atoms with E-state index in [-0.39, 0.29) is 11.9 Å². The number of ether oxygens (including phenoxy) is 1. The van der Waals surface area contributed by atoms with Crippen LogP contribution in [0.15, 0.2) is 22.7 Å². The number of halogens is 1. The smallest absolute Gasteiger partial charge is 0.161 e. The summed E-state index contributed by atoms with van der Waals surface area (Å²) in [5, 5.41) is 0. The van der Waals surface area contributed by atoms with E-state index < -0.39 is 0 Å². The molecule has 0 aromatic heterocycles. The lowest BCUT2D eigenvalue weighted by Crippen LogP contribution is -2.42. The second-order valence-electron chi connectivity index (χ2n) is 4.56. The van der Waals surface area contributed by atoms with E-state index in [0.717, 1.165) is 41.8 Å². The minimum absolute atomic E-state index is 0.103. The summed E-state index contributed by atoms with van der Waals surface area (Å²) in [7, 11) is 0. The molecule has 1 aliphatic rings. The number of hydrogen-bond acceptors (Lipinski definition) is 3. The Balaban J connectivity index is 2.29. The predicted octanol–water partition coefficient (Wildman–Crippen LogP) is 3.27. The molecule has 1 fully saturated rings. The van der Waals surface area contributed by atoms with Crippen LogP contribution in [0, 0.1) is 0 Å². The van der Waals surface area contributed by atoms with Crippen LogP contribution in [0.2, 0.25) is 0 Å². The normalized spacial score (nSPS) is 19.9. The second-order valence-corrected chi connectivity index (χ2v) is 5.48. The van der Waals surface area contributed by atoms with Crippen molar-refractivity contribution < 1.29 is 9.53 Å². The summed E-state index contributed by atoms with van der Waals surface area (Å²) < 4.78 is 6.61. The minimum atomic E-state index is 0.103. The molecule has 0 aliphatic carbocycles. The van der Waals surface area contributed by atoms with Gasteiger partial charge in [-0.2, -0.15) is 0 Å². The monoisotopic (exact) mass is 311 g/mol. The molecule has 0 saturated carbocycles. The summed E-state index contributed by atoms with van der Waals surface area (Å²) in [5.74, 6) is 0.103. The van der Waals surface area contributed by atoms with E-state index in [2.05, 4.69) is 27.8 Å². The third-order valence-corrected chi connectivity index (χ3v) is 3.77. The van der Waals surface area contributed by atoms with Gasteiger partial charge in [-0.1, -0.05) is 22.9 Å². The molecule has 0 bridgehead atoms. The minimum Gasteiger partial charge on any atom is -0.375 e. The lowest BCUT2D eigenvalue weighted by atomic mass is 10.1. The van der Waals surface area contributed by atoms with Gasteiger partial charge in [0.05, 0.1) is 12.7 Å². The van der Waals surface area contributed by atoms with Gasteiger partial charge in [0.15, 0.2) is 5.78 Å². The van der Waals surface area contributed by atoms with Crippen molar-refractivity contribution in [3.63, 3.8) is 0 Å². The van der Waals surface area contributed by atoms with Crippen molar-refractivity contribution in [2.75, 3.05) is 24.6 Å². The van der Waals surface area contributed by atoms with E-state index in [9.17, 15) is 4.79 Å². The first-order valence-corrected chi connectivity index (χ1v) is 7.08. The SMILES string of the molecule is CCC1CN(c2ccc(Br)cc2C(C)=O)CCO1. The van der Waals surface area contributed by atoms with Crippen LogP contribution in [0.3, 0.4) is 0 Å². The summed E-state index contributed by atoms with van der Waals surface area (Å²) in [5.41, 5.74) is 1.80. The zero-order valence-corrected chi connectivity index (χ0v) is 12.4. The standard InChI is InChI=1S/C14H18BrNO2/c1-3-12-9-16(6-7-18-12)14-5-4-11(15)8-13(14)10(2)17/h4-5,8,12H,3,6-7,9H2,1-2H3. The highest BCUT2D eigenvalue weighted by molar-refractivity contribution is 9.10. The largest absolute Gasteiger partial charge is 0.375 e. The highest BCUT2D eigenvalue weighted by Gasteiger charge is 2.22. The van der Waals surface area contributed by atoms with Gasteiger partial charge in [-0.25, -0.2) is 0 Å². The molecule has 2 rings (SSSR count). The van der Waals surface area contributed by atoms with Crippen molar-refractivity contribution in [3.05, 3.63) is 28.2 Å². The third-order valence-electron chi connectivity index (χ3n) is 3.27. The fourth-order valence-electron chi connectivity index (χ4n) is 2.25. The summed E-state index contributed by atoms with van der Waals surface area (Å²) in [4.78, 5) is 14.0. The van der Waals surface area contributed by atoms with Gasteiger partial charge in [0.1, 0.15) is 0 Å². The molecule has 3 nitrogen and oxygen atoms in total. The van der Waals surface area contributed by atoms with E-state index in [1.54, 1.807) is 6.92 Å². The molecule has 1 heterocycles. The van der Waals surface area contributed by atoms with Crippen LogP contribution in [0.1, 0.15) is 30.6 Å². The molecular formula is C14H18BrNO2. The summed E-state index contributed by atoms with van der Waals surface area (Å²) in [6, 6.07) is 5.89. The fourth-order valence-corrected chi connectivity index (χ4v) is 2.61. The lowest BCUT2D eigenvalue weighted by Gasteiger charge is -2.35. The van der Waals surface area contributed by atoms with Crippen LogP contribution in [0.4, 0.5) is 5.69 Å². The number of nitrogens with zero attached hydrogens (tertiary/aromatic N) is 1. The molecule has 1 aromatic rings. The van der Waals surface area contributed by atoms with Gasteiger partial charge in [-0.3, -0.25) is 4.79 Å². The number of morpholine rings is 1. The van der Waals surface area contributed by atoms with Crippen molar-refractivity contribution in [2.24, 2.45) is 0 Å². The van der Waals surface area contributed by atoms with E-state index in [0.29, 0.717) is 0 Å². The average molecular weight is 312 g/mol. The maximum absolute atomic E-state index is 11.7. The molecule has 1 saturated heterocycles. The Bertz CT molecular complexity index is 447. The van der Waals surface area contributed by atoms with Crippen molar-refractivity contribution >= 4 is 27.4 Å². The summed E-state index contributed by atoms with van der Waals surface area (Å²) >= 11 is 3.42. The number of rotatable bonds is 3. The number of carbonyl (C=O) groups is 1. The van der Waals surface area contributed by atoms with Gasteiger partial charge in [-0.05, 0) is 31.5 Å². The number of ketones is 1. The zero-order valence-electron chi connectivity index (χ0n) is 10.8. The number of Topliss-reactive ketones (excluding diaryl/α,β-unsaturated/α-hetero) is 1. The van der Waals surface area contributed by atoms with E-state index in [1.165, 1.54) is 0 Å². The number of carbonyl (C=O) groups excluding carboxylic acids is 1. The van der Waals surface area contributed by atoms with E-state index in [4.69, 9.17) is 4.74 Å². The number of anilines is 1. The molecule has 4 heteroatoms. The van der Waals surface area contributed by atoms with Crippen LogP contribution >= 0.6 is 15.9 Å². The molecule has 1 unspecified atom stereocenters. The highest BCUT2D eigenvalue weighted by atomic mass is 79.9. The van der Waals surface area contributed by atoms with Crippen molar-refractivity contribution in [3.8, 4) is 0 Å². The van der Waals surface area contributed by atoms with Gasteiger partial charge in [0.2, 0.25) is 0 Å². The molecule has 98 valence electrons. The Morgan fingerprint density at radius 3 is 3.00 bits per heavy atom. The van der Waals surface area contributed by atoms with E-state index >= 15 is 0 Å². The van der Waals surface area contributed by atoms with Gasteiger partial charge in [-0.15, -0.1) is 0 Å². The lowest BCUT2D eigenvalue weighted by molar-refractivity contribution is 0.0383. The maximum atomic E-state index is 11.7. The second kappa shape index (κ2) is 5.85.